The number of fused-ring (bicyclic) bond motifs is 1. The number of nitrogens with one attached hydrogen (secondary N) is 1. The van der Waals surface area contributed by atoms with Crippen LogP contribution in [0.15, 0.2) is 18.2 Å². The molecule has 1 fully saturated rings. The van der Waals surface area contributed by atoms with E-state index in [2.05, 4.69) is 4.98 Å². The van der Waals surface area contributed by atoms with Crippen molar-refractivity contribution in [2.24, 2.45) is 0 Å². The van der Waals surface area contributed by atoms with Gasteiger partial charge in [0.2, 0.25) is 0 Å². The molecular weight excluding hydrogens is 397 g/mol. The topological polar surface area (TPSA) is 65.6 Å². The highest BCUT2D eigenvalue weighted by molar-refractivity contribution is 6.35. The number of H-pyrrole nitrogens is 1. The van der Waals surface area contributed by atoms with Crippen molar-refractivity contribution >= 4 is 34.5 Å². The summed E-state index contributed by atoms with van der Waals surface area (Å²) in [5.74, 6) is -0.635. The van der Waals surface area contributed by atoms with Gasteiger partial charge in [-0.25, -0.2) is 9.18 Å². The molecule has 160 valence electrons. The van der Waals surface area contributed by atoms with Gasteiger partial charge in [-0.15, -0.1) is 0 Å². The minimum atomic E-state index is -0.419. The Balaban J connectivity index is 0.000000212. The van der Waals surface area contributed by atoms with Gasteiger partial charge in [0.05, 0.1) is 10.5 Å². The van der Waals surface area contributed by atoms with Gasteiger partial charge in [-0.3, -0.25) is 4.79 Å². The molecule has 0 unspecified atom stereocenters. The first-order chi connectivity index (χ1) is 13.5. The number of hydrogen-bond donors (Lipinski definition) is 1. The lowest BCUT2D eigenvalue weighted by atomic mass is 10.1. The Morgan fingerprint density at radius 1 is 1.17 bits per heavy atom. The average Bonchev–Trinajstić information content (AvgIpc) is 3.11. The molecule has 8 heteroatoms. The summed E-state index contributed by atoms with van der Waals surface area (Å²) in [5.41, 5.74) is 0.221. The minimum absolute atomic E-state index is 0.160. The lowest BCUT2D eigenvalue weighted by Crippen LogP contribution is -2.39. The van der Waals surface area contributed by atoms with E-state index in [-0.39, 0.29) is 23.1 Å². The molecule has 1 saturated heterocycles. The summed E-state index contributed by atoms with van der Waals surface area (Å²) < 4.78 is 18.7. The summed E-state index contributed by atoms with van der Waals surface area (Å²) in [5, 5.41) is 0.942. The van der Waals surface area contributed by atoms with Gasteiger partial charge in [-0.05, 0) is 58.2 Å². The van der Waals surface area contributed by atoms with Crippen LogP contribution < -0.4 is 0 Å². The molecule has 3 rings (SSSR count). The van der Waals surface area contributed by atoms with Gasteiger partial charge in [0, 0.05) is 32.6 Å². The second-order valence-electron chi connectivity index (χ2n) is 8.23. The number of amides is 2. The molecule has 2 amide bonds. The van der Waals surface area contributed by atoms with E-state index in [4.69, 9.17) is 16.3 Å². The van der Waals surface area contributed by atoms with E-state index >= 15 is 0 Å². The molecule has 29 heavy (non-hydrogen) atoms. The van der Waals surface area contributed by atoms with Gasteiger partial charge >= 0.3 is 6.09 Å². The molecule has 6 nitrogen and oxygen atoms in total. The third-order valence-electron chi connectivity index (χ3n) is 4.33. The number of rotatable bonds is 1. The number of halogens is 2. The molecule has 1 aromatic heterocycles. The molecule has 1 aromatic carbocycles. The van der Waals surface area contributed by atoms with Crippen LogP contribution in [0.25, 0.3) is 10.9 Å². The Morgan fingerprint density at radius 3 is 2.31 bits per heavy atom. The van der Waals surface area contributed by atoms with Crippen LogP contribution in [0.4, 0.5) is 9.18 Å². The van der Waals surface area contributed by atoms with Gasteiger partial charge < -0.3 is 19.5 Å². The molecule has 1 N–H and O–H groups in total. The van der Waals surface area contributed by atoms with Crippen molar-refractivity contribution in [1.29, 1.82) is 0 Å². The van der Waals surface area contributed by atoms with E-state index in [1.54, 1.807) is 25.1 Å². The summed E-state index contributed by atoms with van der Waals surface area (Å²) >= 11 is 5.92. The SMILES string of the molecule is CC(C)(C)OC(=O)N1CCCCC1.CN(C)C(=O)c1cc2c(Cl)ccc(F)c2[nH]1. The number of hydrogen-bond acceptors (Lipinski definition) is 3. The van der Waals surface area contributed by atoms with Gasteiger partial charge in [0.15, 0.2) is 0 Å². The van der Waals surface area contributed by atoms with E-state index in [9.17, 15) is 14.0 Å². The van der Waals surface area contributed by atoms with Crippen LogP contribution in [0.5, 0.6) is 0 Å². The zero-order valence-corrected chi connectivity index (χ0v) is 18.4. The standard InChI is InChI=1S/C11H10ClFN2O.C10H19NO2/c1-15(2)11(16)9-5-6-7(12)3-4-8(13)10(6)14-9;1-10(2,3)13-9(12)11-7-5-4-6-8-11/h3-5,14H,1-2H3;4-8H2,1-3H3. The highest BCUT2D eigenvalue weighted by atomic mass is 35.5. The van der Waals surface area contributed by atoms with Gasteiger partial charge in [-0.2, -0.15) is 0 Å². The molecule has 0 aliphatic carbocycles. The predicted molar refractivity (Wildman–Crippen MR) is 113 cm³/mol. The van der Waals surface area contributed by atoms with Crippen LogP contribution in [0.3, 0.4) is 0 Å². The van der Waals surface area contributed by atoms with Gasteiger partial charge in [0.1, 0.15) is 17.1 Å². The normalized spacial score (nSPS) is 14.2. The Morgan fingerprint density at radius 2 is 1.79 bits per heavy atom. The predicted octanol–water partition coefficient (Wildman–Crippen LogP) is 5.07. The fourth-order valence-electron chi connectivity index (χ4n) is 2.91. The highest BCUT2D eigenvalue weighted by Crippen LogP contribution is 2.26. The number of carbonyl (C=O) groups excluding carboxylic acids is 2. The maximum Gasteiger partial charge on any atom is 0.410 e. The van der Waals surface area contributed by atoms with Crippen molar-refractivity contribution < 1.29 is 18.7 Å². The van der Waals surface area contributed by atoms with Crippen molar-refractivity contribution in [1.82, 2.24) is 14.8 Å². The Hall–Kier alpha value is -2.28. The molecular formula is C21H29ClFN3O3. The summed E-state index contributed by atoms with van der Waals surface area (Å²) in [6.07, 6.45) is 3.30. The van der Waals surface area contributed by atoms with Crippen molar-refractivity contribution in [2.75, 3.05) is 27.2 Å². The highest BCUT2D eigenvalue weighted by Gasteiger charge is 2.23. The van der Waals surface area contributed by atoms with E-state index < -0.39 is 5.82 Å². The van der Waals surface area contributed by atoms with Crippen molar-refractivity contribution in [3.63, 3.8) is 0 Å². The molecule has 0 bridgehead atoms. The Kier molecular flexibility index (Phi) is 7.52. The van der Waals surface area contributed by atoms with Crippen LogP contribution in [0.2, 0.25) is 5.02 Å². The zero-order valence-electron chi connectivity index (χ0n) is 17.6. The monoisotopic (exact) mass is 425 g/mol. The molecule has 0 atom stereocenters. The zero-order chi connectivity index (χ0) is 21.8. The largest absolute Gasteiger partial charge is 0.444 e. The fraction of sp³-hybridized carbons (Fsp3) is 0.524. The summed E-state index contributed by atoms with van der Waals surface area (Å²) in [6, 6.07) is 4.30. The summed E-state index contributed by atoms with van der Waals surface area (Å²) in [6.45, 7) is 7.41. The third kappa shape index (κ3) is 6.35. The maximum absolute atomic E-state index is 13.4. The smallest absolute Gasteiger partial charge is 0.410 e. The van der Waals surface area contributed by atoms with Crippen LogP contribution in [-0.4, -0.2) is 59.6 Å². The molecule has 0 radical (unpaired) electrons. The lowest BCUT2D eigenvalue weighted by Gasteiger charge is -2.29. The van der Waals surface area contributed by atoms with Gasteiger partial charge in [-0.1, -0.05) is 11.6 Å². The second kappa shape index (κ2) is 9.48. The summed E-state index contributed by atoms with van der Waals surface area (Å²) in [4.78, 5) is 29.1. The first-order valence-electron chi connectivity index (χ1n) is 9.66. The molecule has 1 aliphatic rings. The number of carbonyl (C=O) groups is 2. The minimum Gasteiger partial charge on any atom is -0.444 e. The Labute approximate surface area is 175 Å². The number of piperidine rings is 1. The molecule has 1 aliphatic heterocycles. The maximum atomic E-state index is 13.4. The fourth-order valence-corrected chi connectivity index (χ4v) is 3.12. The molecule has 0 spiro atoms. The van der Waals surface area contributed by atoms with Crippen LogP contribution in [0, 0.1) is 5.82 Å². The van der Waals surface area contributed by atoms with E-state index in [0.29, 0.717) is 16.1 Å². The van der Waals surface area contributed by atoms with Gasteiger partial charge in [0.25, 0.3) is 5.91 Å². The number of benzene rings is 1. The Bertz CT molecular complexity index is 829. The van der Waals surface area contributed by atoms with Crippen molar-refractivity contribution in [3.05, 3.63) is 34.7 Å². The number of aromatic amines is 1. The number of nitrogens with zero attached hydrogens (tertiary/aromatic N) is 2. The first kappa shape index (κ1) is 23.0. The van der Waals surface area contributed by atoms with Crippen LogP contribution >= 0.6 is 11.6 Å². The first-order valence-corrected chi connectivity index (χ1v) is 10.0. The second-order valence-corrected chi connectivity index (χ2v) is 8.64. The van der Waals surface area contributed by atoms with E-state index in [1.165, 1.54) is 23.5 Å². The van der Waals surface area contributed by atoms with Crippen molar-refractivity contribution in [2.45, 2.75) is 45.6 Å². The lowest BCUT2D eigenvalue weighted by molar-refractivity contribution is 0.0216. The average molecular weight is 426 g/mol. The molecule has 2 aromatic rings. The quantitative estimate of drug-likeness (QED) is 0.693. The van der Waals surface area contributed by atoms with E-state index in [0.717, 1.165) is 25.9 Å². The van der Waals surface area contributed by atoms with Crippen LogP contribution in [-0.2, 0) is 4.74 Å². The summed E-state index contributed by atoms with van der Waals surface area (Å²) in [7, 11) is 3.26. The third-order valence-corrected chi connectivity index (χ3v) is 4.66. The van der Waals surface area contributed by atoms with Crippen LogP contribution in [0.1, 0.15) is 50.5 Å². The molecule has 0 saturated carbocycles. The molecule has 2 heterocycles. The number of likely N-dealkylation sites (tertiary alicyclic amines) is 1. The van der Waals surface area contributed by atoms with E-state index in [1.807, 2.05) is 20.8 Å². The number of aromatic nitrogens is 1. The number of ether oxygens (including phenoxy) is 1. The van der Waals surface area contributed by atoms with Crippen molar-refractivity contribution in [3.8, 4) is 0 Å².